The highest BCUT2D eigenvalue weighted by atomic mass is 19.3. The minimum Gasteiger partial charge on any atom is -0.390 e. The van der Waals surface area contributed by atoms with Crippen molar-refractivity contribution >= 4 is 6.03 Å². The Labute approximate surface area is 134 Å². The molecular weight excluding hydrogens is 304 g/mol. The summed E-state index contributed by atoms with van der Waals surface area (Å²) < 4.78 is 25.8. The lowest BCUT2D eigenvalue weighted by atomic mass is 10.2. The number of carbonyl (C=O) groups is 1. The van der Waals surface area contributed by atoms with Crippen molar-refractivity contribution in [3.63, 3.8) is 0 Å². The third-order valence-electron chi connectivity index (χ3n) is 4.01. The molecule has 2 rings (SSSR count). The number of aliphatic hydroxyl groups excluding tert-OH is 1. The first-order chi connectivity index (χ1) is 10.9. The number of nitrogens with one attached hydrogen (secondary N) is 2. The van der Waals surface area contributed by atoms with E-state index in [1.165, 1.54) is 5.56 Å². The zero-order chi connectivity index (χ0) is 16.9. The molecule has 0 aromatic heterocycles. The summed E-state index contributed by atoms with van der Waals surface area (Å²) >= 11 is 0. The van der Waals surface area contributed by atoms with Gasteiger partial charge in [-0.2, -0.15) is 0 Å². The quantitative estimate of drug-likeness (QED) is 0.743. The number of benzene rings is 1. The van der Waals surface area contributed by atoms with Gasteiger partial charge in [0.05, 0.1) is 6.54 Å². The second-order valence-electron chi connectivity index (χ2n) is 6.04. The number of carbonyl (C=O) groups excluding carboxylic acids is 1. The second kappa shape index (κ2) is 7.70. The lowest BCUT2D eigenvalue weighted by molar-refractivity contribution is -0.0454. The number of likely N-dealkylation sites (tertiary alicyclic amines) is 1. The molecule has 0 radical (unpaired) electrons. The van der Waals surface area contributed by atoms with E-state index >= 15 is 0 Å². The molecule has 7 heteroatoms. The summed E-state index contributed by atoms with van der Waals surface area (Å²) in [4.78, 5) is 13.9. The maximum Gasteiger partial charge on any atom is 0.315 e. The van der Waals surface area contributed by atoms with Crippen LogP contribution in [-0.2, 0) is 6.54 Å². The molecule has 23 heavy (non-hydrogen) atoms. The molecule has 1 aromatic carbocycles. The van der Waals surface area contributed by atoms with Crippen LogP contribution in [0.2, 0.25) is 0 Å². The highest BCUT2D eigenvalue weighted by molar-refractivity contribution is 5.74. The van der Waals surface area contributed by atoms with Crippen molar-refractivity contribution in [3.8, 4) is 0 Å². The monoisotopic (exact) mass is 327 g/mol. The van der Waals surface area contributed by atoms with Crippen LogP contribution in [0.3, 0.4) is 0 Å². The Balaban J connectivity index is 1.78. The molecule has 1 aliphatic rings. The molecule has 2 amide bonds. The van der Waals surface area contributed by atoms with Crippen LogP contribution in [0.4, 0.5) is 13.6 Å². The van der Waals surface area contributed by atoms with Crippen LogP contribution >= 0.6 is 0 Å². The highest BCUT2D eigenvalue weighted by Gasteiger charge is 2.31. The summed E-state index contributed by atoms with van der Waals surface area (Å²) in [6.07, 6.45) is 0.774. The van der Waals surface area contributed by atoms with Crippen LogP contribution in [0.1, 0.15) is 18.9 Å². The van der Waals surface area contributed by atoms with Crippen LogP contribution in [0.15, 0.2) is 30.3 Å². The Morgan fingerprint density at radius 2 is 2.09 bits per heavy atom. The van der Waals surface area contributed by atoms with Crippen molar-refractivity contribution in [1.82, 2.24) is 15.5 Å². The smallest absolute Gasteiger partial charge is 0.315 e. The summed E-state index contributed by atoms with van der Waals surface area (Å²) in [6.45, 7) is 1.41. The van der Waals surface area contributed by atoms with E-state index in [1.807, 2.05) is 18.2 Å². The summed E-state index contributed by atoms with van der Waals surface area (Å²) in [5, 5.41) is 13.3. The summed E-state index contributed by atoms with van der Waals surface area (Å²) in [5.41, 5.74) is 1.20. The van der Waals surface area contributed by atoms with E-state index in [2.05, 4.69) is 34.6 Å². The van der Waals surface area contributed by atoms with E-state index in [9.17, 15) is 13.6 Å². The fourth-order valence-corrected chi connectivity index (χ4v) is 2.74. The van der Waals surface area contributed by atoms with Crippen molar-refractivity contribution in [2.45, 2.75) is 37.9 Å². The number of hydrogen-bond donors (Lipinski definition) is 3. The van der Waals surface area contributed by atoms with Crippen LogP contribution in [0.25, 0.3) is 0 Å². The molecule has 1 saturated heterocycles. The van der Waals surface area contributed by atoms with Crippen LogP contribution < -0.4 is 10.6 Å². The Hall–Kier alpha value is -1.73. The van der Waals surface area contributed by atoms with E-state index in [4.69, 9.17) is 5.11 Å². The van der Waals surface area contributed by atoms with Gasteiger partial charge in [-0.05, 0) is 18.9 Å². The molecule has 1 aromatic rings. The lowest BCUT2D eigenvalue weighted by Gasteiger charge is -2.21. The van der Waals surface area contributed by atoms with Crippen molar-refractivity contribution in [2.75, 3.05) is 19.7 Å². The first-order valence-corrected chi connectivity index (χ1v) is 7.70. The predicted molar refractivity (Wildman–Crippen MR) is 83.3 cm³/mol. The van der Waals surface area contributed by atoms with Crippen molar-refractivity contribution in [3.05, 3.63) is 35.9 Å². The first-order valence-electron chi connectivity index (χ1n) is 7.70. The van der Waals surface area contributed by atoms with Crippen molar-refractivity contribution < 1.29 is 18.7 Å². The van der Waals surface area contributed by atoms with Gasteiger partial charge in [-0.1, -0.05) is 30.3 Å². The van der Waals surface area contributed by atoms with Gasteiger partial charge >= 0.3 is 6.03 Å². The van der Waals surface area contributed by atoms with E-state index in [0.29, 0.717) is 12.6 Å². The molecule has 5 nitrogen and oxygen atoms in total. The van der Waals surface area contributed by atoms with Crippen LogP contribution in [0, 0.1) is 0 Å². The van der Waals surface area contributed by atoms with Gasteiger partial charge in [0.25, 0.3) is 5.92 Å². The number of amides is 2. The minimum absolute atomic E-state index is 0.0727. The number of halogens is 2. The minimum atomic E-state index is -3.29. The Bertz CT molecular complexity index is 513. The summed E-state index contributed by atoms with van der Waals surface area (Å²) in [7, 11) is 0. The van der Waals surface area contributed by atoms with E-state index in [1.54, 1.807) is 0 Å². The van der Waals surface area contributed by atoms with Crippen molar-refractivity contribution in [1.29, 1.82) is 0 Å². The van der Waals surface area contributed by atoms with Crippen LogP contribution in [0.5, 0.6) is 0 Å². The summed E-state index contributed by atoms with van der Waals surface area (Å²) in [6, 6.07) is 9.65. The fraction of sp³-hybridized carbons (Fsp3) is 0.562. The average molecular weight is 327 g/mol. The van der Waals surface area contributed by atoms with Gasteiger partial charge in [-0.3, -0.25) is 4.90 Å². The van der Waals surface area contributed by atoms with Gasteiger partial charge in [0.1, 0.15) is 6.61 Å². The molecular formula is C16H23F2N3O2. The van der Waals surface area contributed by atoms with E-state index in [-0.39, 0.29) is 6.04 Å². The standard InChI is InChI=1S/C16H23F2N3O2/c1-12-7-14(20-15(23)19-10-16(17,18)11-22)9-21(12)8-13-5-3-2-4-6-13/h2-6,12,14,22H,7-11H2,1H3,(H2,19,20,23). The molecule has 0 aliphatic carbocycles. The van der Waals surface area contributed by atoms with Gasteiger partial charge in [0.15, 0.2) is 0 Å². The fourth-order valence-electron chi connectivity index (χ4n) is 2.74. The van der Waals surface area contributed by atoms with Crippen molar-refractivity contribution in [2.24, 2.45) is 0 Å². The summed E-state index contributed by atoms with van der Waals surface area (Å²) in [5.74, 6) is -3.29. The number of hydrogen-bond acceptors (Lipinski definition) is 3. The highest BCUT2D eigenvalue weighted by Crippen LogP contribution is 2.20. The van der Waals surface area contributed by atoms with Gasteiger partial charge in [-0.25, -0.2) is 13.6 Å². The number of rotatable bonds is 6. The molecule has 1 heterocycles. The number of aliphatic hydroxyl groups is 1. The molecule has 0 spiro atoms. The largest absolute Gasteiger partial charge is 0.390 e. The Morgan fingerprint density at radius 1 is 1.39 bits per heavy atom. The number of alkyl halides is 2. The third-order valence-corrected chi connectivity index (χ3v) is 4.01. The third kappa shape index (κ3) is 5.44. The van der Waals surface area contributed by atoms with Crippen LogP contribution in [-0.4, -0.2) is 53.7 Å². The zero-order valence-electron chi connectivity index (χ0n) is 13.1. The Kier molecular flexibility index (Phi) is 5.90. The van der Waals surface area contributed by atoms with Gasteiger partial charge in [0, 0.05) is 25.2 Å². The van der Waals surface area contributed by atoms with Gasteiger partial charge in [0.2, 0.25) is 0 Å². The normalized spacial score (nSPS) is 22.1. The molecule has 0 saturated carbocycles. The molecule has 1 fully saturated rings. The average Bonchev–Trinajstić information content (AvgIpc) is 2.86. The molecule has 128 valence electrons. The second-order valence-corrected chi connectivity index (χ2v) is 6.04. The Morgan fingerprint density at radius 3 is 2.74 bits per heavy atom. The first kappa shape index (κ1) is 17.6. The molecule has 0 bridgehead atoms. The molecule has 3 N–H and O–H groups in total. The lowest BCUT2D eigenvalue weighted by Crippen LogP contribution is -2.47. The maximum atomic E-state index is 12.9. The van der Waals surface area contributed by atoms with E-state index < -0.39 is 25.1 Å². The number of nitrogens with zero attached hydrogens (tertiary/aromatic N) is 1. The molecule has 2 unspecified atom stereocenters. The topological polar surface area (TPSA) is 64.6 Å². The van der Waals surface area contributed by atoms with E-state index in [0.717, 1.165) is 13.0 Å². The number of urea groups is 1. The van der Waals surface area contributed by atoms with Gasteiger partial charge < -0.3 is 15.7 Å². The molecule has 2 atom stereocenters. The predicted octanol–water partition coefficient (Wildman–Crippen LogP) is 1.58. The zero-order valence-corrected chi connectivity index (χ0v) is 13.1. The SMILES string of the molecule is CC1CC(NC(=O)NCC(F)(F)CO)CN1Cc1ccccc1. The van der Waals surface area contributed by atoms with Gasteiger partial charge in [-0.15, -0.1) is 0 Å². The maximum absolute atomic E-state index is 12.9. The molecule has 1 aliphatic heterocycles.